The molecule has 3 aromatic carbocycles. The lowest BCUT2D eigenvalue weighted by Crippen LogP contribution is -2.34. The van der Waals surface area contributed by atoms with Crippen molar-refractivity contribution in [3.05, 3.63) is 115 Å². The van der Waals surface area contributed by atoms with Gasteiger partial charge in [-0.1, -0.05) is 91.0 Å². The van der Waals surface area contributed by atoms with E-state index in [0.29, 0.717) is 0 Å². The smallest absolute Gasteiger partial charge is 0.176 e. The fourth-order valence-electron chi connectivity index (χ4n) is 3.25. The molecule has 0 aliphatic rings. The Morgan fingerprint density at radius 2 is 0.962 bits per heavy atom. The van der Waals surface area contributed by atoms with Gasteiger partial charge in [0.25, 0.3) is 0 Å². The SMILES string of the molecule is c1ccc(CC[n+]2cc(-c3ccccc3)cc(-c3ccccc3)c2)cc1. The highest BCUT2D eigenvalue weighted by atomic mass is 14.9. The van der Waals surface area contributed by atoms with Crippen LogP contribution in [0.15, 0.2) is 109 Å². The van der Waals surface area contributed by atoms with E-state index in [2.05, 4.69) is 114 Å². The topological polar surface area (TPSA) is 3.88 Å². The predicted octanol–water partition coefficient (Wildman–Crippen LogP) is 5.55. The Bertz CT molecular complexity index is 903. The zero-order chi connectivity index (χ0) is 17.6. The van der Waals surface area contributed by atoms with E-state index in [1.54, 1.807) is 0 Å². The lowest BCUT2D eigenvalue weighted by molar-refractivity contribution is -0.695. The van der Waals surface area contributed by atoms with E-state index in [9.17, 15) is 0 Å². The van der Waals surface area contributed by atoms with Crippen LogP contribution < -0.4 is 4.57 Å². The first-order valence-corrected chi connectivity index (χ1v) is 9.07. The van der Waals surface area contributed by atoms with Crippen molar-refractivity contribution in [2.75, 3.05) is 0 Å². The molecule has 0 aliphatic carbocycles. The maximum absolute atomic E-state index is 2.32. The van der Waals surface area contributed by atoms with Gasteiger partial charge >= 0.3 is 0 Å². The van der Waals surface area contributed by atoms with Crippen LogP contribution in [-0.2, 0) is 13.0 Å². The molecule has 26 heavy (non-hydrogen) atoms. The molecule has 0 saturated heterocycles. The molecule has 0 spiro atoms. The van der Waals surface area contributed by atoms with Crippen LogP contribution in [0.4, 0.5) is 0 Å². The molecule has 126 valence electrons. The van der Waals surface area contributed by atoms with Gasteiger partial charge in [0, 0.05) is 17.5 Å². The molecular formula is C25H22N+. The first-order chi connectivity index (χ1) is 12.9. The van der Waals surface area contributed by atoms with Gasteiger partial charge in [-0.3, -0.25) is 0 Å². The van der Waals surface area contributed by atoms with Crippen molar-refractivity contribution < 1.29 is 4.57 Å². The Kier molecular flexibility index (Phi) is 4.88. The van der Waals surface area contributed by atoms with E-state index in [-0.39, 0.29) is 0 Å². The molecule has 0 unspecified atom stereocenters. The third-order valence-corrected chi connectivity index (χ3v) is 4.64. The van der Waals surface area contributed by atoms with E-state index in [1.807, 2.05) is 0 Å². The lowest BCUT2D eigenvalue weighted by Gasteiger charge is -2.07. The molecule has 0 radical (unpaired) electrons. The summed E-state index contributed by atoms with van der Waals surface area (Å²) in [6.45, 7) is 0.963. The summed E-state index contributed by atoms with van der Waals surface area (Å²) >= 11 is 0. The van der Waals surface area contributed by atoms with Crippen molar-refractivity contribution in [1.82, 2.24) is 0 Å². The van der Waals surface area contributed by atoms with Crippen LogP contribution in [0.2, 0.25) is 0 Å². The Morgan fingerprint density at radius 3 is 1.46 bits per heavy atom. The second-order valence-electron chi connectivity index (χ2n) is 6.52. The van der Waals surface area contributed by atoms with Crippen LogP contribution in [0.3, 0.4) is 0 Å². The number of nitrogens with zero attached hydrogens (tertiary/aromatic N) is 1. The summed E-state index contributed by atoms with van der Waals surface area (Å²) in [5.74, 6) is 0. The third kappa shape index (κ3) is 3.89. The predicted molar refractivity (Wildman–Crippen MR) is 108 cm³/mol. The first-order valence-electron chi connectivity index (χ1n) is 9.07. The normalized spacial score (nSPS) is 10.6. The minimum Gasteiger partial charge on any atom is -0.204 e. The Hall–Kier alpha value is -3.19. The molecule has 0 atom stereocenters. The summed E-state index contributed by atoms with van der Waals surface area (Å²) in [6.07, 6.45) is 5.54. The zero-order valence-corrected chi connectivity index (χ0v) is 14.8. The van der Waals surface area contributed by atoms with Gasteiger partial charge in [0.2, 0.25) is 0 Å². The van der Waals surface area contributed by atoms with Crippen molar-refractivity contribution in [3.8, 4) is 22.3 Å². The first kappa shape index (κ1) is 16.3. The second kappa shape index (κ2) is 7.79. The van der Waals surface area contributed by atoms with Crippen LogP contribution in [0.5, 0.6) is 0 Å². The number of benzene rings is 3. The van der Waals surface area contributed by atoms with Crippen molar-refractivity contribution >= 4 is 0 Å². The van der Waals surface area contributed by atoms with Gasteiger partial charge in [-0.15, -0.1) is 0 Å². The van der Waals surface area contributed by atoms with Gasteiger partial charge in [0.05, 0.1) is 0 Å². The molecular weight excluding hydrogens is 314 g/mol. The van der Waals surface area contributed by atoms with E-state index in [1.165, 1.54) is 27.8 Å². The molecule has 4 aromatic rings. The quantitative estimate of drug-likeness (QED) is 0.421. The third-order valence-electron chi connectivity index (χ3n) is 4.64. The molecule has 0 fully saturated rings. The second-order valence-corrected chi connectivity index (χ2v) is 6.52. The minimum atomic E-state index is 0.963. The largest absolute Gasteiger partial charge is 0.204 e. The van der Waals surface area contributed by atoms with Crippen molar-refractivity contribution in [2.24, 2.45) is 0 Å². The summed E-state index contributed by atoms with van der Waals surface area (Å²) in [4.78, 5) is 0. The maximum atomic E-state index is 2.32. The van der Waals surface area contributed by atoms with Gasteiger partial charge in [-0.2, -0.15) is 0 Å². The van der Waals surface area contributed by atoms with Gasteiger partial charge in [0.1, 0.15) is 0 Å². The van der Waals surface area contributed by atoms with Gasteiger partial charge in [-0.05, 0) is 22.8 Å². The molecule has 1 aromatic heterocycles. The highest BCUT2D eigenvalue weighted by Crippen LogP contribution is 2.24. The average molecular weight is 336 g/mol. The number of hydrogen-bond donors (Lipinski definition) is 0. The van der Waals surface area contributed by atoms with Crippen LogP contribution in [0.1, 0.15) is 5.56 Å². The standard InChI is InChI=1S/C25H22N/c1-4-10-21(11-5-1)16-17-26-19-24(22-12-6-2-7-13-22)18-25(20-26)23-14-8-3-9-15-23/h1-15,18-20H,16-17H2/q+1. The van der Waals surface area contributed by atoms with Crippen molar-refractivity contribution in [1.29, 1.82) is 0 Å². The molecule has 0 N–H and O–H groups in total. The summed E-state index contributed by atoms with van der Waals surface area (Å²) in [5.41, 5.74) is 6.36. The Labute approximate surface area is 155 Å². The van der Waals surface area contributed by atoms with Gasteiger partial charge in [0.15, 0.2) is 18.9 Å². The molecule has 1 heterocycles. The molecule has 0 saturated carbocycles. The zero-order valence-electron chi connectivity index (χ0n) is 14.8. The molecule has 0 amide bonds. The molecule has 4 rings (SSSR count). The fraction of sp³-hybridized carbons (Fsp3) is 0.0800. The Balaban J connectivity index is 1.70. The summed E-state index contributed by atoms with van der Waals surface area (Å²) in [5, 5.41) is 0. The van der Waals surface area contributed by atoms with Crippen LogP contribution in [-0.4, -0.2) is 0 Å². The number of aryl methyl sites for hydroxylation is 2. The number of aromatic nitrogens is 1. The van der Waals surface area contributed by atoms with E-state index in [4.69, 9.17) is 0 Å². The van der Waals surface area contributed by atoms with Gasteiger partial charge in [-0.25, -0.2) is 4.57 Å². The molecule has 1 heteroatoms. The number of rotatable bonds is 5. The monoisotopic (exact) mass is 336 g/mol. The van der Waals surface area contributed by atoms with Crippen molar-refractivity contribution in [2.45, 2.75) is 13.0 Å². The lowest BCUT2D eigenvalue weighted by atomic mass is 10.0. The average Bonchev–Trinajstić information content (AvgIpc) is 2.74. The number of pyridine rings is 1. The summed E-state index contributed by atoms with van der Waals surface area (Å²) < 4.78 is 2.32. The van der Waals surface area contributed by atoms with E-state index >= 15 is 0 Å². The minimum absolute atomic E-state index is 0.963. The molecule has 1 nitrogen and oxygen atoms in total. The van der Waals surface area contributed by atoms with Crippen molar-refractivity contribution in [3.63, 3.8) is 0 Å². The van der Waals surface area contributed by atoms with Crippen LogP contribution in [0, 0.1) is 0 Å². The van der Waals surface area contributed by atoms with Crippen LogP contribution in [0.25, 0.3) is 22.3 Å². The van der Waals surface area contributed by atoms with E-state index in [0.717, 1.165) is 13.0 Å². The molecule has 0 bridgehead atoms. The van der Waals surface area contributed by atoms with E-state index < -0.39 is 0 Å². The summed E-state index contributed by atoms with van der Waals surface area (Å²) in [7, 11) is 0. The highest BCUT2D eigenvalue weighted by molar-refractivity contribution is 5.70. The van der Waals surface area contributed by atoms with Gasteiger partial charge < -0.3 is 0 Å². The molecule has 0 aliphatic heterocycles. The Morgan fingerprint density at radius 1 is 0.500 bits per heavy atom. The number of hydrogen-bond acceptors (Lipinski definition) is 0. The summed E-state index contributed by atoms with van der Waals surface area (Å²) in [6, 6.07) is 34.2. The fourth-order valence-corrected chi connectivity index (χ4v) is 3.25. The highest BCUT2D eigenvalue weighted by Gasteiger charge is 2.11. The maximum Gasteiger partial charge on any atom is 0.176 e. The van der Waals surface area contributed by atoms with Crippen LogP contribution >= 0.6 is 0 Å².